The van der Waals surface area contributed by atoms with Crippen LogP contribution in [0.5, 0.6) is 0 Å². The van der Waals surface area contributed by atoms with Gasteiger partial charge in [-0.25, -0.2) is 0 Å². The molecule has 0 aromatic heterocycles. The topological polar surface area (TPSA) is 35.2 Å². The smallest absolute Gasteiger partial charge is 0.0462 e. The van der Waals surface area contributed by atoms with E-state index in [9.17, 15) is 0 Å². The first kappa shape index (κ1) is 10.9. The molecule has 0 bridgehead atoms. The monoisotopic (exact) mass is 159 g/mol. The van der Waals surface area contributed by atoms with Crippen LogP contribution in [0, 0.1) is 5.41 Å². The Bertz CT molecular complexity index is 91.6. The summed E-state index contributed by atoms with van der Waals surface area (Å²) in [6.07, 6.45) is 3.57. The highest BCUT2D eigenvalue weighted by Gasteiger charge is 2.13. The summed E-state index contributed by atoms with van der Waals surface area (Å²) in [6, 6.07) is 0. The molecule has 0 rings (SSSR count). The first-order valence-electron chi connectivity index (χ1n) is 4.31. The molecule has 0 fully saturated rings. The summed E-state index contributed by atoms with van der Waals surface area (Å²) in [4.78, 5) is 0. The lowest BCUT2D eigenvalue weighted by Crippen LogP contribution is -2.23. The van der Waals surface area contributed by atoms with Crippen LogP contribution >= 0.6 is 0 Å². The van der Waals surface area contributed by atoms with Crippen LogP contribution in [0.15, 0.2) is 0 Å². The number of hydrogen-bond donors (Lipinski definition) is 1. The fourth-order valence-corrected chi connectivity index (χ4v) is 0.952. The second-order valence-corrected chi connectivity index (χ2v) is 3.82. The molecule has 0 aliphatic heterocycles. The van der Waals surface area contributed by atoms with E-state index < -0.39 is 0 Å². The maximum atomic E-state index is 5.59. The van der Waals surface area contributed by atoms with Crippen molar-refractivity contribution < 1.29 is 4.74 Å². The van der Waals surface area contributed by atoms with Crippen LogP contribution in [-0.4, -0.2) is 20.3 Å². The molecule has 11 heavy (non-hydrogen) atoms. The van der Waals surface area contributed by atoms with Gasteiger partial charge in [-0.2, -0.15) is 0 Å². The lowest BCUT2D eigenvalue weighted by molar-refractivity contribution is 0.186. The van der Waals surface area contributed by atoms with Gasteiger partial charge in [-0.15, -0.1) is 0 Å². The number of ether oxygens (including phenoxy) is 1. The number of rotatable bonds is 6. The van der Waals surface area contributed by atoms with E-state index in [0.717, 1.165) is 19.6 Å². The minimum atomic E-state index is 0.313. The summed E-state index contributed by atoms with van der Waals surface area (Å²) in [5.74, 6) is 0. The Kier molecular flexibility index (Phi) is 5.51. The highest BCUT2D eigenvalue weighted by Crippen LogP contribution is 2.20. The van der Waals surface area contributed by atoms with E-state index in [0.29, 0.717) is 5.41 Å². The van der Waals surface area contributed by atoms with Gasteiger partial charge in [0.2, 0.25) is 0 Å². The molecule has 0 spiro atoms. The van der Waals surface area contributed by atoms with E-state index in [1.165, 1.54) is 12.8 Å². The van der Waals surface area contributed by atoms with Crippen LogP contribution in [0.25, 0.3) is 0 Å². The highest BCUT2D eigenvalue weighted by atomic mass is 16.5. The van der Waals surface area contributed by atoms with Gasteiger partial charge in [0.05, 0.1) is 0 Å². The summed E-state index contributed by atoms with van der Waals surface area (Å²) in [6.45, 7) is 6.07. The molecule has 68 valence electrons. The predicted molar refractivity (Wildman–Crippen MR) is 48.6 cm³/mol. The van der Waals surface area contributed by atoms with Gasteiger partial charge in [0.25, 0.3) is 0 Å². The molecule has 2 nitrogen and oxygen atoms in total. The van der Waals surface area contributed by atoms with Gasteiger partial charge in [-0.1, -0.05) is 20.3 Å². The van der Waals surface area contributed by atoms with E-state index in [1.807, 2.05) is 0 Å². The maximum absolute atomic E-state index is 5.59. The van der Waals surface area contributed by atoms with Crippen molar-refractivity contribution in [1.29, 1.82) is 0 Å². The Labute approximate surface area is 70.1 Å². The zero-order chi connectivity index (χ0) is 8.74. The molecule has 0 aliphatic carbocycles. The van der Waals surface area contributed by atoms with Gasteiger partial charge >= 0.3 is 0 Å². The normalized spacial score (nSPS) is 12.0. The molecule has 0 saturated carbocycles. The van der Waals surface area contributed by atoms with Gasteiger partial charge < -0.3 is 10.5 Å². The Morgan fingerprint density at radius 1 is 1.27 bits per heavy atom. The zero-order valence-electron chi connectivity index (χ0n) is 8.02. The van der Waals surface area contributed by atoms with Gasteiger partial charge in [0.1, 0.15) is 0 Å². The molecular formula is C9H21NO. The maximum Gasteiger partial charge on any atom is 0.0462 e. The summed E-state index contributed by atoms with van der Waals surface area (Å²) in [5.41, 5.74) is 5.90. The minimum Gasteiger partial charge on any atom is -0.385 e. The second kappa shape index (κ2) is 5.56. The van der Waals surface area contributed by atoms with Crippen LogP contribution in [-0.2, 0) is 4.74 Å². The van der Waals surface area contributed by atoms with Crippen LogP contribution in [0.2, 0.25) is 0 Å². The average molecular weight is 159 g/mol. The molecule has 0 aliphatic rings. The molecule has 0 atom stereocenters. The molecule has 0 unspecified atom stereocenters. The Balaban J connectivity index is 3.23. The third-order valence-electron chi connectivity index (χ3n) is 2.00. The number of hydrogen-bond acceptors (Lipinski definition) is 2. The molecule has 2 heteroatoms. The molecule has 0 radical (unpaired) electrons. The predicted octanol–water partition coefficient (Wildman–Crippen LogP) is 1.79. The van der Waals surface area contributed by atoms with E-state index in [2.05, 4.69) is 13.8 Å². The third kappa shape index (κ3) is 6.32. The number of unbranched alkanes of at least 4 members (excludes halogenated alkanes) is 1. The number of methoxy groups -OCH3 is 1. The average Bonchev–Trinajstić information content (AvgIpc) is 1.99. The highest BCUT2D eigenvalue weighted by molar-refractivity contribution is 4.68. The lowest BCUT2D eigenvalue weighted by Gasteiger charge is -2.21. The third-order valence-corrected chi connectivity index (χ3v) is 2.00. The van der Waals surface area contributed by atoms with Crippen molar-refractivity contribution in [3.05, 3.63) is 0 Å². The van der Waals surface area contributed by atoms with Crippen molar-refractivity contribution in [1.82, 2.24) is 0 Å². The minimum absolute atomic E-state index is 0.313. The van der Waals surface area contributed by atoms with Crippen molar-refractivity contribution in [3.8, 4) is 0 Å². The van der Waals surface area contributed by atoms with Crippen molar-refractivity contribution in [2.45, 2.75) is 33.1 Å². The Morgan fingerprint density at radius 3 is 2.36 bits per heavy atom. The summed E-state index contributed by atoms with van der Waals surface area (Å²) in [7, 11) is 1.74. The van der Waals surface area contributed by atoms with E-state index in [4.69, 9.17) is 10.5 Å². The van der Waals surface area contributed by atoms with Crippen molar-refractivity contribution in [2.24, 2.45) is 11.1 Å². The van der Waals surface area contributed by atoms with Gasteiger partial charge in [0, 0.05) is 13.7 Å². The second-order valence-electron chi connectivity index (χ2n) is 3.82. The molecule has 0 aromatic rings. The van der Waals surface area contributed by atoms with E-state index >= 15 is 0 Å². The van der Waals surface area contributed by atoms with Crippen molar-refractivity contribution in [3.63, 3.8) is 0 Å². The first-order chi connectivity index (χ1) is 5.12. The SMILES string of the molecule is COCCCCC(C)(C)CN. The van der Waals surface area contributed by atoms with Crippen LogP contribution in [0.4, 0.5) is 0 Å². The summed E-state index contributed by atoms with van der Waals surface area (Å²) < 4.78 is 4.96. The quantitative estimate of drug-likeness (QED) is 0.600. The van der Waals surface area contributed by atoms with Gasteiger partial charge in [-0.3, -0.25) is 0 Å². The first-order valence-corrected chi connectivity index (χ1v) is 4.31. The molecule has 0 saturated heterocycles. The number of nitrogens with two attached hydrogens (primary N) is 1. The molecule has 0 heterocycles. The molecule has 0 amide bonds. The lowest BCUT2D eigenvalue weighted by atomic mass is 9.87. The fourth-order valence-electron chi connectivity index (χ4n) is 0.952. The van der Waals surface area contributed by atoms with Crippen LogP contribution in [0.1, 0.15) is 33.1 Å². The van der Waals surface area contributed by atoms with E-state index in [-0.39, 0.29) is 0 Å². The van der Waals surface area contributed by atoms with Gasteiger partial charge in [-0.05, 0) is 24.8 Å². The Hall–Kier alpha value is -0.0800. The summed E-state index contributed by atoms with van der Waals surface area (Å²) >= 11 is 0. The largest absolute Gasteiger partial charge is 0.385 e. The van der Waals surface area contributed by atoms with Gasteiger partial charge in [0.15, 0.2) is 0 Å². The van der Waals surface area contributed by atoms with E-state index in [1.54, 1.807) is 7.11 Å². The van der Waals surface area contributed by atoms with Crippen LogP contribution in [0.3, 0.4) is 0 Å². The van der Waals surface area contributed by atoms with Crippen molar-refractivity contribution in [2.75, 3.05) is 20.3 Å². The molecule has 0 aromatic carbocycles. The summed E-state index contributed by atoms with van der Waals surface area (Å²) in [5, 5.41) is 0. The molecule has 2 N–H and O–H groups in total. The molecular weight excluding hydrogens is 138 g/mol. The standard InChI is InChI=1S/C9H21NO/c1-9(2,8-10)6-4-5-7-11-3/h4-8,10H2,1-3H3. The fraction of sp³-hybridized carbons (Fsp3) is 1.00. The zero-order valence-corrected chi connectivity index (χ0v) is 8.02. The van der Waals surface area contributed by atoms with Crippen LogP contribution < -0.4 is 5.73 Å². The van der Waals surface area contributed by atoms with Crippen molar-refractivity contribution >= 4 is 0 Å². The Morgan fingerprint density at radius 2 is 1.91 bits per heavy atom.